The van der Waals surface area contributed by atoms with E-state index in [-0.39, 0.29) is 31.5 Å². The van der Waals surface area contributed by atoms with Gasteiger partial charge in [-0.25, -0.2) is 4.57 Å². The van der Waals surface area contributed by atoms with E-state index in [1.807, 2.05) is 33.3 Å². The molecule has 3 unspecified atom stereocenters. The van der Waals surface area contributed by atoms with E-state index in [1.54, 1.807) is 0 Å². The third-order valence-corrected chi connectivity index (χ3v) is 14.5. The number of carbonyl (C=O) groups is 2. The first-order valence-corrected chi connectivity index (χ1v) is 33.1. The quantitative estimate of drug-likeness (QED) is 0.0205. The second kappa shape index (κ2) is 56.2. The maximum atomic E-state index is 13.5. The van der Waals surface area contributed by atoms with Crippen LogP contribution in [0.25, 0.3) is 0 Å². The van der Waals surface area contributed by atoms with E-state index in [0.29, 0.717) is 23.9 Å². The minimum atomic E-state index is -4.46. The maximum Gasteiger partial charge on any atom is 0.472 e. The van der Waals surface area contributed by atoms with Crippen molar-refractivity contribution in [1.29, 1.82) is 0 Å². The Morgan fingerprint density at radius 2 is 0.831 bits per heavy atom. The predicted octanol–water partition coefficient (Wildman–Crippen LogP) is 19.6. The van der Waals surface area contributed by atoms with E-state index in [0.717, 1.165) is 122 Å². The number of unbranched alkanes of at least 4 members (excludes halogenated alkanes) is 26. The molecule has 0 heterocycles. The van der Waals surface area contributed by atoms with Crippen molar-refractivity contribution >= 4 is 19.7 Å². The molecule has 0 saturated carbocycles. The summed E-state index contributed by atoms with van der Waals surface area (Å²) in [5, 5.41) is 3.04. The van der Waals surface area contributed by atoms with E-state index >= 15 is 0 Å². The summed E-state index contributed by atoms with van der Waals surface area (Å²) < 4.78 is 30.7. The van der Waals surface area contributed by atoms with Gasteiger partial charge in [-0.1, -0.05) is 240 Å². The number of hydrogen-bond acceptors (Lipinski definition) is 6. The number of nitrogens with zero attached hydrogens (tertiary/aromatic N) is 1. The highest BCUT2D eigenvalue weighted by Gasteiger charge is 2.30. The molecule has 77 heavy (non-hydrogen) atoms. The number of quaternary nitrogens is 1. The molecule has 0 aromatic carbocycles. The summed E-state index contributed by atoms with van der Waals surface area (Å²) in [7, 11) is 1.47. The zero-order valence-electron chi connectivity index (χ0n) is 50.7. The monoisotopic (exact) mass is 1100 g/mol. The van der Waals surface area contributed by atoms with Crippen LogP contribution in [-0.2, 0) is 27.9 Å². The third-order valence-electron chi connectivity index (χ3n) is 13.5. The number of esters is 1. The zero-order chi connectivity index (χ0) is 56.4. The summed E-state index contributed by atoms with van der Waals surface area (Å²) in [5.41, 5.74) is 0. The van der Waals surface area contributed by atoms with Gasteiger partial charge < -0.3 is 19.4 Å². The van der Waals surface area contributed by atoms with Crippen LogP contribution < -0.4 is 5.32 Å². The van der Waals surface area contributed by atoms with E-state index in [2.05, 4.69) is 111 Å². The molecule has 0 radical (unpaired) electrons. The number of carbonyl (C=O) groups excluding carboxylic acids is 2. The molecule has 0 aromatic heterocycles. The normalized spacial score (nSPS) is 14.3. The van der Waals surface area contributed by atoms with Gasteiger partial charge in [-0.2, -0.15) is 0 Å². The highest BCUT2D eigenvalue weighted by Crippen LogP contribution is 2.43. The number of phosphoric acid groups is 1. The lowest BCUT2D eigenvalue weighted by molar-refractivity contribution is -0.870. The van der Waals surface area contributed by atoms with Crippen LogP contribution in [0.4, 0.5) is 0 Å². The van der Waals surface area contributed by atoms with Gasteiger partial charge in [-0.3, -0.25) is 18.6 Å². The summed E-state index contributed by atoms with van der Waals surface area (Å²) in [6, 6.07) is -0.868. The molecule has 1 amide bonds. The molecule has 0 aromatic rings. The fourth-order valence-electron chi connectivity index (χ4n) is 8.64. The first-order chi connectivity index (χ1) is 37.4. The van der Waals surface area contributed by atoms with Gasteiger partial charge in [-0.05, 0) is 109 Å². The van der Waals surface area contributed by atoms with Crippen molar-refractivity contribution in [3.8, 4) is 0 Å². The van der Waals surface area contributed by atoms with Gasteiger partial charge in [0.05, 0.1) is 33.8 Å². The van der Waals surface area contributed by atoms with Gasteiger partial charge in [-0.15, -0.1) is 0 Å². The number of amides is 1. The Kier molecular flexibility index (Phi) is 54.0. The molecule has 444 valence electrons. The number of ether oxygens (including phenoxy) is 1. The van der Waals surface area contributed by atoms with E-state index in [4.69, 9.17) is 13.8 Å². The van der Waals surface area contributed by atoms with Crippen LogP contribution in [-0.4, -0.2) is 74.3 Å². The van der Waals surface area contributed by atoms with Crippen molar-refractivity contribution < 1.29 is 37.3 Å². The van der Waals surface area contributed by atoms with Crippen LogP contribution in [0.15, 0.2) is 97.2 Å². The van der Waals surface area contributed by atoms with Crippen molar-refractivity contribution in [2.75, 3.05) is 40.9 Å². The third kappa shape index (κ3) is 57.4. The molecule has 0 fully saturated rings. The van der Waals surface area contributed by atoms with Gasteiger partial charge in [0, 0.05) is 12.8 Å². The summed E-state index contributed by atoms with van der Waals surface area (Å²) >= 11 is 0. The Morgan fingerprint density at radius 3 is 1.26 bits per heavy atom. The SMILES string of the molecule is CC/C=C\C/C=C\C/C=C\C/C=C\C/C=C\C/C=C\CCCCCCC(=O)OC(/C=C\CCCCCCCCCCCC)C(COP(=O)(O)OCC[N+](C)(C)C)NC(=O)CCCCCCC/C=C/CCCCCCCCC. The van der Waals surface area contributed by atoms with Crippen molar-refractivity contribution in [1.82, 2.24) is 5.32 Å². The van der Waals surface area contributed by atoms with Crippen LogP contribution in [0.5, 0.6) is 0 Å². The van der Waals surface area contributed by atoms with Crippen LogP contribution in [0, 0.1) is 0 Å². The summed E-state index contributed by atoms with van der Waals surface area (Å²) in [6.07, 6.45) is 75.4. The minimum Gasteiger partial charge on any atom is -0.456 e. The summed E-state index contributed by atoms with van der Waals surface area (Å²) in [6.45, 7) is 6.87. The predicted molar refractivity (Wildman–Crippen MR) is 332 cm³/mol. The Labute approximate surface area is 475 Å². The Morgan fingerprint density at radius 1 is 0.468 bits per heavy atom. The molecule has 0 rings (SSSR count). The molecule has 3 atom stereocenters. The van der Waals surface area contributed by atoms with Gasteiger partial charge in [0.25, 0.3) is 0 Å². The fraction of sp³-hybridized carbons (Fsp3) is 0.731. The summed E-state index contributed by atoms with van der Waals surface area (Å²) in [4.78, 5) is 37.7. The largest absolute Gasteiger partial charge is 0.472 e. The topological polar surface area (TPSA) is 111 Å². The van der Waals surface area contributed by atoms with Crippen LogP contribution in [0.1, 0.15) is 265 Å². The van der Waals surface area contributed by atoms with Gasteiger partial charge >= 0.3 is 13.8 Å². The fourth-order valence-corrected chi connectivity index (χ4v) is 9.38. The average molecular weight is 1100 g/mol. The van der Waals surface area contributed by atoms with Gasteiger partial charge in [0.2, 0.25) is 5.91 Å². The Bertz CT molecular complexity index is 1640. The average Bonchev–Trinajstić information content (AvgIpc) is 3.39. The molecule has 0 aliphatic carbocycles. The highest BCUT2D eigenvalue weighted by atomic mass is 31.2. The second-order valence-corrected chi connectivity index (χ2v) is 23.6. The molecule has 0 aliphatic heterocycles. The van der Waals surface area contributed by atoms with Crippen LogP contribution >= 0.6 is 7.82 Å². The lowest BCUT2D eigenvalue weighted by atomic mass is 10.0. The van der Waals surface area contributed by atoms with E-state index in [1.165, 1.54) is 103 Å². The van der Waals surface area contributed by atoms with Crippen LogP contribution in [0.2, 0.25) is 0 Å². The number of phosphoric ester groups is 1. The van der Waals surface area contributed by atoms with Crippen LogP contribution in [0.3, 0.4) is 0 Å². The molecular formula is C67H120N2O7P+. The van der Waals surface area contributed by atoms with Crippen molar-refractivity contribution in [2.45, 2.75) is 277 Å². The lowest BCUT2D eigenvalue weighted by Gasteiger charge is -2.27. The smallest absolute Gasteiger partial charge is 0.456 e. The minimum absolute atomic E-state index is 0.0302. The van der Waals surface area contributed by atoms with Crippen molar-refractivity contribution in [2.24, 2.45) is 0 Å². The highest BCUT2D eigenvalue weighted by molar-refractivity contribution is 7.47. The summed E-state index contributed by atoms with van der Waals surface area (Å²) in [5.74, 6) is -0.546. The molecule has 10 heteroatoms. The lowest BCUT2D eigenvalue weighted by Crippen LogP contribution is -2.47. The standard InChI is InChI=1S/C67H119N2O7P/c1-7-10-13-16-19-22-25-28-30-32-33-34-35-36-37-38-40-42-45-48-51-54-57-60-67(71)76-65(58-55-52-49-46-43-27-24-21-18-15-12-9-3)64(63-75-77(72,73)74-62-61-69(4,5)6)68-66(70)59-56-53-50-47-44-41-39-31-29-26-23-20-17-14-11-8-2/h10,13,19,22,28,30-31,33-34,36-37,39-40,42,55,58,64-65H,7-9,11-12,14-18,20-21,23-27,29,32,35,38,41,43-54,56-57,59-63H2,1-6H3,(H-,68,70,72,73)/p+1/b13-10-,22-19-,30-28-,34-33-,37-36-,39-31+,42-40-,58-55-. The van der Waals surface area contributed by atoms with Gasteiger partial charge in [0.1, 0.15) is 19.3 Å². The number of rotatable bonds is 56. The first kappa shape index (κ1) is 73.9. The molecule has 0 aliphatic rings. The van der Waals surface area contributed by atoms with E-state index < -0.39 is 20.0 Å². The number of nitrogens with one attached hydrogen (secondary N) is 1. The molecule has 0 bridgehead atoms. The Hall–Kier alpha value is -3.07. The molecule has 9 nitrogen and oxygen atoms in total. The van der Waals surface area contributed by atoms with Crippen molar-refractivity contribution in [3.05, 3.63) is 97.2 Å². The Balaban J connectivity index is 5.30. The number of hydrogen-bond donors (Lipinski definition) is 2. The zero-order valence-corrected chi connectivity index (χ0v) is 51.6. The van der Waals surface area contributed by atoms with Gasteiger partial charge in [0.15, 0.2) is 0 Å². The maximum absolute atomic E-state index is 13.5. The van der Waals surface area contributed by atoms with E-state index in [9.17, 15) is 19.0 Å². The molecular weight excluding hydrogens is 976 g/mol. The first-order valence-electron chi connectivity index (χ1n) is 31.6. The molecule has 2 N–H and O–H groups in total. The second-order valence-electron chi connectivity index (χ2n) is 22.2. The van der Waals surface area contributed by atoms with Crippen molar-refractivity contribution in [3.63, 3.8) is 0 Å². The number of allylic oxidation sites excluding steroid dienone is 15. The molecule has 0 spiro atoms. The number of likely N-dealkylation sites (N-methyl/N-ethyl adjacent to an activating group) is 1. The molecule has 0 saturated heterocycles.